The van der Waals surface area contributed by atoms with Gasteiger partial charge in [-0.1, -0.05) is 36.4 Å². The van der Waals surface area contributed by atoms with Crippen LogP contribution in [-0.2, 0) is 0 Å². The third kappa shape index (κ3) is 4.85. The zero-order valence-electron chi connectivity index (χ0n) is 13.8. The van der Waals surface area contributed by atoms with Gasteiger partial charge < -0.3 is 10.6 Å². The molecule has 0 spiro atoms. The van der Waals surface area contributed by atoms with Gasteiger partial charge in [-0.15, -0.1) is 0 Å². The maximum absolute atomic E-state index is 4.10. The number of rotatable bonds is 2. The molecule has 0 saturated heterocycles. The van der Waals surface area contributed by atoms with Crippen molar-refractivity contribution in [2.24, 2.45) is 0 Å². The van der Waals surface area contributed by atoms with E-state index >= 15 is 0 Å². The second-order valence-electron chi connectivity index (χ2n) is 5.91. The fraction of sp³-hybridized carbons (Fsp3) is 0.300. The lowest BCUT2D eigenvalue weighted by molar-refractivity contribution is 0.553. The van der Waals surface area contributed by atoms with E-state index in [2.05, 4.69) is 57.0 Å². The van der Waals surface area contributed by atoms with Crippen LogP contribution in [0.2, 0.25) is 0 Å². The summed E-state index contributed by atoms with van der Waals surface area (Å²) in [7, 11) is 0. The Morgan fingerprint density at radius 2 is 1.21 bits per heavy atom. The van der Waals surface area contributed by atoms with E-state index in [1.165, 1.54) is 11.1 Å². The summed E-state index contributed by atoms with van der Waals surface area (Å²) in [6.45, 7) is 1.94. The van der Waals surface area contributed by atoms with E-state index in [1.54, 1.807) is 0 Å². The van der Waals surface area contributed by atoms with Crippen LogP contribution in [0, 0.1) is 0 Å². The molecule has 0 bridgehead atoms. The summed E-state index contributed by atoms with van der Waals surface area (Å²) in [4.78, 5) is 8.19. The molecule has 2 aromatic heterocycles. The normalized spacial score (nSPS) is 22.5. The lowest BCUT2D eigenvalue weighted by Crippen LogP contribution is -2.23. The van der Waals surface area contributed by atoms with E-state index in [0.717, 1.165) is 25.9 Å². The molecule has 4 rings (SSSR count). The van der Waals surface area contributed by atoms with Crippen molar-refractivity contribution in [3.8, 4) is 0 Å². The summed E-state index contributed by atoms with van der Waals surface area (Å²) < 4.78 is 0. The van der Waals surface area contributed by atoms with Crippen LogP contribution < -0.4 is 10.6 Å². The highest BCUT2D eigenvalue weighted by Gasteiger charge is 2.11. The molecule has 124 valence electrons. The lowest BCUT2D eigenvalue weighted by atomic mass is 10.0. The van der Waals surface area contributed by atoms with Crippen LogP contribution in [-0.4, -0.2) is 23.1 Å². The first kappa shape index (κ1) is 16.6. The van der Waals surface area contributed by atoms with Gasteiger partial charge in [0.25, 0.3) is 0 Å². The van der Waals surface area contributed by atoms with Crippen LogP contribution in [0.25, 0.3) is 0 Å². The van der Waals surface area contributed by atoms with Crippen LogP contribution >= 0.6 is 0 Å². The summed E-state index contributed by atoms with van der Waals surface area (Å²) in [6, 6.07) is 9.12. The van der Waals surface area contributed by atoms with E-state index in [0.29, 0.717) is 12.1 Å². The molecule has 0 radical (unpaired) electrons. The van der Waals surface area contributed by atoms with Gasteiger partial charge in [0.1, 0.15) is 0 Å². The minimum absolute atomic E-state index is 0.462. The second kappa shape index (κ2) is 9.11. The topological polar surface area (TPSA) is 49.8 Å². The zero-order valence-corrected chi connectivity index (χ0v) is 13.8. The molecule has 0 unspecified atom stereocenters. The highest BCUT2D eigenvalue weighted by Crippen LogP contribution is 2.18. The number of hydrogen-bond donors (Lipinski definition) is 2. The van der Waals surface area contributed by atoms with Crippen molar-refractivity contribution in [3.63, 3.8) is 0 Å². The van der Waals surface area contributed by atoms with Gasteiger partial charge in [0.2, 0.25) is 0 Å². The Bertz CT molecular complexity index is 592. The number of pyridine rings is 2. The molecule has 0 fully saturated rings. The SMILES string of the molecule is C1=CC[C@@H](c2cccnc2)NC1.C1=CC[C@H](c2cccnc2)NC1. The number of aromatic nitrogens is 2. The van der Waals surface area contributed by atoms with E-state index in [1.807, 2.05) is 36.9 Å². The van der Waals surface area contributed by atoms with Crippen molar-refractivity contribution < 1.29 is 0 Å². The van der Waals surface area contributed by atoms with E-state index in [9.17, 15) is 0 Å². The Balaban J connectivity index is 0.000000141. The van der Waals surface area contributed by atoms with Crippen LogP contribution in [0.3, 0.4) is 0 Å². The average molecular weight is 320 g/mol. The zero-order chi connectivity index (χ0) is 16.5. The molecule has 2 aliphatic heterocycles. The maximum Gasteiger partial charge on any atom is 0.0372 e. The molecule has 0 amide bonds. The first-order chi connectivity index (χ1) is 11.9. The molecule has 24 heavy (non-hydrogen) atoms. The van der Waals surface area contributed by atoms with Crippen LogP contribution in [0.5, 0.6) is 0 Å². The molecule has 4 heterocycles. The Kier molecular flexibility index (Phi) is 6.28. The van der Waals surface area contributed by atoms with Crippen molar-refractivity contribution >= 4 is 0 Å². The predicted molar refractivity (Wildman–Crippen MR) is 97.5 cm³/mol. The van der Waals surface area contributed by atoms with Crippen LogP contribution in [0.1, 0.15) is 36.1 Å². The maximum atomic E-state index is 4.10. The Morgan fingerprint density at radius 1 is 0.708 bits per heavy atom. The summed E-state index contributed by atoms with van der Waals surface area (Å²) in [6.07, 6.45) is 18.4. The van der Waals surface area contributed by atoms with Gasteiger partial charge in [-0.05, 0) is 36.1 Å². The van der Waals surface area contributed by atoms with Crippen molar-refractivity contribution in [1.29, 1.82) is 0 Å². The first-order valence-electron chi connectivity index (χ1n) is 8.50. The third-order valence-corrected chi connectivity index (χ3v) is 4.21. The standard InChI is InChI=1S/2C10H12N2/c2*1-2-7-12-10(5-1)9-4-3-6-11-8-9/h2*1-4,6,8,10,12H,5,7H2/t2*10-/m10/s1. The number of nitrogens with one attached hydrogen (secondary N) is 2. The molecular formula is C20H24N4. The molecule has 0 aromatic carbocycles. The van der Waals surface area contributed by atoms with E-state index in [-0.39, 0.29) is 0 Å². The van der Waals surface area contributed by atoms with Gasteiger partial charge in [0.15, 0.2) is 0 Å². The van der Waals surface area contributed by atoms with Crippen molar-refractivity contribution in [2.45, 2.75) is 24.9 Å². The highest BCUT2D eigenvalue weighted by atomic mass is 14.9. The molecule has 2 atom stereocenters. The van der Waals surface area contributed by atoms with Gasteiger partial charge in [-0.2, -0.15) is 0 Å². The van der Waals surface area contributed by atoms with Crippen molar-refractivity contribution in [1.82, 2.24) is 20.6 Å². The van der Waals surface area contributed by atoms with Crippen LogP contribution in [0.15, 0.2) is 73.4 Å². The fourth-order valence-electron chi connectivity index (χ4n) is 2.89. The Hall–Kier alpha value is -2.30. The molecule has 0 saturated carbocycles. The average Bonchev–Trinajstić information content (AvgIpc) is 2.71. The third-order valence-electron chi connectivity index (χ3n) is 4.21. The smallest absolute Gasteiger partial charge is 0.0372 e. The van der Waals surface area contributed by atoms with Gasteiger partial charge in [0.05, 0.1) is 0 Å². The molecular weight excluding hydrogens is 296 g/mol. The summed E-state index contributed by atoms with van der Waals surface area (Å²) in [5.74, 6) is 0. The second-order valence-corrected chi connectivity index (χ2v) is 5.91. The monoisotopic (exact) mass is 320 g/mol. The fourth-order valence-corrected chi connectivity index (χ4v) is 2.89. The largest absolute Gasteiger partial charge is 0.306 e. The Labute approximate surface area is 143 Å². The summed E-state index contributed by atoms with van der Waals surface area (Å²) >= 11 is 0. The van der Waals surface area contributed by atoms with E-state index < -0.39 is 0 Å². The molecule has 0 aliphatic carbocycles. The highest BCUT2D eigenvalue weighted by molar-refractivity contribution is 5.17. The minimum atomic E-state index is 0.462. The molecule has 4 nitrogen and oxygen atoms in total. The van der Waals surface area contributed by atoms with Crippen molar-refractivity contribution in [3.05, 3.63) is 84.5 Å². The summed E-state index contributed by atoms with van der Waals surface area (Å²) in [5.41, 5.74) is 2.56. The van der Waals surface area contributed by atoms with Gasteiger partial charge >= 0.3 is 0 Å². The van der Waals surface area contributed by atoms with Gasteiger partial charge in [-0.3, -0.25) is 9.97 Å². The molecule has 4 heteroatoms. The summed E-state index contributed by atoms with van der Waals surface area (Å²) in [5, 5.41) is 6.82. The van der Waals surface area contributed by atoms with Crippen molar-refractivity contribution in [2.75, 3.05) is 13.1 Å². The number of hydrogen-bond acceptors (Lipinski definition) is 4. The number of nitrogens with zero attached hydrogens (tertiary/aromatic N) is 2. The van der Waals surface area contributed by atoms with Gasteiger partial charge in [-0.25, -0.2) is 0 Å². The van der Waals surface area contributed by atoms with E-state index in [4.69, 9.17) is 0 Å². The van der Waals surface area contributed by atoms with Crippen LogP contribution in [0.4, 0.5) is 0 Å². The lowest BCUT2D eigenvalue weighted by Gasteiger charge is -2.19. The Morgan fingerprint density at radius 3 is 1.54 bits per heavy atom. The quantitative estimate of drug-likeness (QED) is 0.833. The molecule has 2 aromatic rings. The molecule has 2 N–H and O–H groups in total. The minimum Gasteiger partial charge on any atom is -0.306 e. The van der Waals surface area contributed by atoms with Gasteiger partial charge in [0, 0.05) is 50.0 Å². The first-order valence-corrected chi connectivity index (χ1v) is 8.50. The molecule has 2 aliphatic rings. The predicted octanol–water partition coefficient (Wildman–Crippen LogP) is 3.34.